The molecule has 0 aliphatic rings. The van der Waals surface area contributed by atoms with Crippen LogP contribution < -0.4 is 17.0 Å². The van der Waals surface area contributed by atoms with Gasteiger partial charge >= 0.3 is 0 Å². The topological polar surface area (TPSA) is 91.1 Å². The monoisotopic (exact) mass is 257 g/mol. The second-order valence-electron chi connectivity index (χ2n) is 4.37. The Morgan fingerprint density at radius 2 is 2.00 bits per heavy atom. The fourth-order valence-electron chi connectivity index (χ4n) is 1.89. The minimum absolute atomic E-state index is 0.0848. The average molecular weight is 257 g/mol. The number of hydrogen-bond acceptors (Lipinski definition) is 3. The quantitative estimate of drug-likeness (QED) is 0.800. The molecule has 19 heavy (non-hydrogen) atoms. The molecule has 4 N–H and O–H groups in total. The molecule has 0 bridgehead atoms. The van der Waals surface area contributed by atoms with Crippen LogP contribution in [0.4, 0.5) is 5.69 Å². The number of benzene rings is 1. The van der Waals surface area contributed by atoms with Gasteiger partial charge in [0, 0.05) is 23.0 Å². The molecule has 0 aliphatic heterocycles. The Morgan fingerprint density at radius 3 is 2.58 bits per heavy atom. The maximum atomic E-state index is 11.8. The molecule has 0 saturated carbocycles. The highest BCUT2D eigenvalue weighted by Crippen LogP contribution is 2.15. The second kappa shape index (κ2) is 4.97. The third-order valence-corrected chi connectivity index (χ3v) is 3.03. The molecular formula is C14H15N3O2. The van der Waals surface area contributed by atoms with Crippen LogP contribution >= 0.6 is 0 Å². The van der Waals surface area contributed by atoms with Crippen LogP contribution in [0, 0.1) is 6.92 Å². The number of amides is 1. The van der Waals surface area contributed by atoms with Crippen molar-refractivity contribution in [2.75, 3.05) is 5.73 Å². The summed E-state index contributed by atoms with van der Waals surface area (Å²) in [5, 5.41) is 0. The third-order valence-electron chi connectivity index (χ3n) is 3.03. The number of carbonyl (C=O) groups is 1. The van der Waals surface area contributed by atoms with Gasteiger partial charge in [0.2, 0.25) is 5.91 Å². The smallest absolute Gasteiger partial charge is 0.251 e. The van der Waals surface area contributed by atoms with Crippen molar-refractivity contribution in [1.82, 2.24) is 4.57 Å². The van der Waals surface area contributed by atoms with E-state index in [0.717, 1.165) is 11.3 Å². The van der Waals surface area contributed by atoms with Crippen LogP contribution in [0.25, 0.3) is 0 Å². The highest BCUT2D eigenvalue weighted by Gasteiger charge is 2.07. The second-order valence-corrected chi connectivity index (χ2v) is 4.37. The van der Waals surface area contributed by atoms with Crippen LogP contribution in [0.1, 0.15) is 21.6 Å². The molecule has 1 aromatic heterocycles. The van der Waals surface area contributed by atoms with Crippen LogP contribution in [0.2, 0.25) is 0 Å². The van der Waals surface area contributed by atoms with E-state index in [0.29, 0.717) is 17.8 Å². The van der Waals surface area contributed by atoms with Crippen molar-refractivity contribution in [2.45, 2.75) is 13.5 Å². The van der Waals surface area contributed by atoms with Gasteiger partial charge in [0.25, 0.3) is 5.56 Å². The SMILES string of the molecule is Cc1cccc(=O)n1Cc1ccc(C(N)=O)cc1N. The van der Waals surface area contributed by atoms with E-state index in [4.69, 9.17) is 11.5 Å². The summed E-state index contributed by atoms with van der Waals surface area (Å²) in [6.45, 7) is 2.23. The zero-order valence-corrected chi connectivity index (χ0v) is 10.6. The van der Waals surface area contributed by atoms with Gasteiger partial charge in [0.1, 0.15) is 0 Å². The fraction of sp³-hybridized carbons (Fsp3) is 0.143. The first-order valence-electron chi connectivity index (χ1n) is 5.83. The minimum atomic E-state index is -0.522. The van der Waals surface area contributed by atoms with Gasteiger partial charge in [-0.2, -0.15) is 0 Å². The number of anilines is 1. The Bertz CT molecular complexity index is 689. The number of primary amides is 1. The molecule has 2 rings (SSSR count). The van der Waals surface area contributed by atoms with Gasteiger partial charge in [0.15, 0.2) is 0 Å². The summed E-state index contributed by atoms with van der Waals surface area (Å²) in [6.07, 6.45) is 0. The van der Waals surface area contributed by atoms with Gasteiger partial charge in [-0.05, 0) is 30.7 Å². The number of aryl methyl sites for hydroxylation is 1. The summed E-state index contributed by atoms with van der Waals surface area (Å²) >= 11 is 0. The Balaban J connectivity index is 2.39. The maximum absolute atomic E-state index is 11.8. The van der Waals surface area contributed by atoms with E-state index in [-0.39, 0.29) is 5.56 Å². The molecule has 0 unspecified atom stereocenters. The number of nitrogens with two attached hydrogens (primary N) is 2. The van der Waals surface area contributed by atoms with Crippen molar-refractivity contribution < 1.29 is 4.79 Å². The van der Waals surface area contributed by atoms with Crippen molar-refractivity contribution in [2.24, 2.45) is 5.73 Å². The van der Waals surface area contributed by atoms with Gasteiger partial charge in [0.05, 0.1) is 6.54 Å². The highest BCUT2D eigenvalue weighted by molar-refractivity contribution is 5.93. The summed E-state index contributed by atoms with van der Waals surface area (Å²) in [5.41, 5.74) is 13.4. The predicted octanol–water partition coefficient (Wildman–Crippen LogP) is 0.886. The first-order valence-corrected chi connectivity index (χ1v) is 5.83. The summed E-state index contributed by atoms with van der Waals surface area (Å²) < 4.78 is 1.62. The lowest BCUT2D eigenvalue weighted by atomic mass is 10.1. The molecule has 1 amide bonds. The highest BCUT2D eigenvalue weighted by atomic mass is 16.1. The molecule has 1 heterocycles. The molecule has 1 aromatic carbocycles. The first kappa shape index (κ1) is 12.9. The third kappa shape index (κ3) is 2.65. The maximum Gasteiger partial charge on any atom is 0.251 e. The summed E-state index contributed by atoms with van der Waals surface area (Å²) in [5.74, 6) is -0.522. The average Bonchev–Trinajstić information content (AvgIpc) is 2.35. The standard InChI is InChI=1S/C14H15N3O2/c1-9-3-2-4-13(18)17(9)8-11-6-5-10(14(16)19)7-12(11)15/h2-7H,8,15H2,1H3,(H2,16,19). The lowest BCUT2D eigenvalue weighted by Crippen LogP contribution is -2.22. The summed E-state index contributed by atoms with van der Waals surface area (Å²) in [7, 11) is 0. The molecular weight excluding hydrogens is 242 g/mol. The molecule has 0 saturated heterocycles. The van der Waals surface area contributed by atoms with Crippen molar-refractivity contribution in [1.29, 1.82) is 0 Å². The largest absolute Gasteiger partial charge is 0.398 e. The number of hydrogen-bond donors (Lipinski definition) is 2. The molecule has 5 heteroatoms. The van der Waals surface area contributed by atoms with E-state index in [1.54, 1.807) is 22.8 Å². The Kier molecular flexibility index (Phi) is 3.37. The van der Waals surface area contributed by atoms with Gasteiger partial charge in [-0.15, -0.1) is 0 Å². The molecule has 0 aliphatic carbocycles. The van der Waals surface area contributed by atoms with E-state index in [1.165, 1.54) is 12.1 Å². The first-order chi connectivity index (χ1) is 8.99. The van der Waals surface area contributed by atoms with E-state index in [1.807, 2.05) is 13.0 Å². The van der Waals surface area contributed by atoms with Gasteiger partial charge in [-0.25, -0.2) is 0 Å². The molecule has 2 aromatic rings. The van der Waals surface area contributed by atoms with E-state index < -0.39 is 5.91 Å². The predicted molar refractivity (Wildman–Crippen MR) is 73.9 cm³/mol. The minimum Gasteiger partial charge on any atom is -0.398 e. The Labute approximate surface area is 110 Å². The number of nitrogen functional groups attached to an aromatic ring is 1. The zero-order valence-electron chi connectivity index (χ0n) is 10.6. The Hall–Kier alpha value is -2.56. The molecule has 0 radical (unpaired) electrons. The molecule has 0 spiro atoms. The van der Waals surface area contributed by atoms with Gasteiger partial charge in [-0.1, -0.05) is 12.1 Å². The summed E-state index contributed by atoms with van der Waals surface area (Å²) in [6, 6.07) is 9.93. The molecule has 0 atom stereocenters. The lowest BCUT2D eigenvalue weighted by Gasteiger charge is -2.11. The van der Waals surface area contributed by atoms with Crippen LogP contribution in [0.15, 0.2) is 41.2 Å². The molecule has 98 valence electrons. The molecule has 0 fully saturated rings. The fourth-order valence-corrected chi connectivity index (χ4v) is 1.89. The van der Waals surface area contributed by atoms with Gasteiger partial charge < -0.3 is 16.0 Å². The van der Waals surface area contributed by atoms with Gasteiger partial charge in [-0.3, -0.25) is 9.59 Å². The van der Waals surface area contributed by atoms with E-state index in [9.17, 15) is 9.59 Å². The van der Waals surface area contributed by atoms with E-state index >= 15 is 0 Å². The Morgan fingerprint density at radius 1 is 1.26 bits per heavy atom. The zero-order chi connectivity index (χ0) is 14.0. The van der Waals surface area contributed by atoms with Crippen LogP contribution in [0.5, 0.6) is 0 Å². The summed E-state index contributed by atoms with van der Waals surface area (Å²) in [4.78, 5) is 22.8. The van der Waals surface area contributed by atoms with Crippen molar-refractivity contribution in [3.63, 3.8) is 0 Å². The van der Waals surface area contributed by atoms with Crippen LogP contribution in [-0.2, 0) is 6.54 Å². The number of aromatic nitrogens is 1. The molecule has 5 nitrogen and oxygen atoms in total. The van der Waals surface area contributed by atoms with Crippen LogP contribution in [0.3, 0.4) is 0 Å². The number of rotatable bonds is 3. The number of pyridine rings is 1. The van der Waals surface area contributed by atoms with Crippen molar-refractivity contribution in [3.8, 4) is 0 Å². The number of carbonyl (C=O) groups excluding carboxylic acids is 1. The number of nitrogens with zero attached hydrogens (tertiary/aromatic N) is 1. The normalized spacial score (nSPS) is 10.4. The van der Waals surface area contributed by atoms with Crippen molar-refractivity contribution >= 4 is 11.6 Å². The van der Waals surface area contributed by atoms with Crippen LogP contribution in [-0.4, -0.2) is 10.5 Å². The van der Waals surface area contributed by atoms with E-state index in [2.05, 4.69) is 0 Å². The van der Waals surface area contributed by atoms with Crippen molar-refractivity contribution in [3.05, 3.63) is 63.6 Å². The lowest BCUT2D eigenvalue weighted by molar-refractivity contribution is 0.100.